The summed E-state index contributed by atoms with van der Waals surface area (Å²) in [5, 5.41) is 4.31. The normalized spacial score (nSPS) is 17.6. The lowest BCUT2D eigenvalue weighted by Crippen LogP contribution is -2.45. The summed E-state index contributed by atoms with van der Waals surface area (Å²) in [6.45, 7) is 8.38. The first kappa shape index (κ1) is 24.3. The number of likely N-dealkylation sites (N-methyl/N-ethyl adjacent to an activating group) is 1. The lowest BCUT2D eigenvalue weighted by Gasteiger charge is -2.39. The molecule has 0 fully saturated rings. The number of hydrogen-bond donors (Lipinski definition) is 1. The van der Waals surface area contributed by atoms with Crippen molar-refractivity contribution in [3.8, 4) is 5.75 Å². The summed E-state index contributed by atoms with van der Waals surface area (Å²) < 4.78 is 26.1. The third-order valence-corrected chi connectivity index (χ3v) is 6.07. The predicted molar refractivity (Wildman–Crippen MR) is 137 cm³/mol. The molecule has 9 heteroatoms. The van der Waals surface area contributed by atoms with E-state index in [-0.39, 0.29) is 29.3 Å². The van der Waals surface area contributed by atoms with Gasteiger partial charge in [-0.15, -0.1) is 0 Å². The lowest BCUT2D eigenvalue weighted by atomic mass is 9.70. The van der Waals surface area contributed by atoms with Gasteiger partial charge in [-0.3, -0.25) is 0 Å². The molecule has 174 valence electrons. The highest BCUT2D eigenvalue weighted by Crippen LogP contribution is 2.40. The molecular formula is C25H29B2FN4O2. The van der Waals surface area contributed by atoms with E-state index >= 15 is 0 Å². The van der Waals surface area contributed by atoms with Gasteiger partial charge in [0.15, 0.2) is 0 Å². The van der Waals surface area contributed by atoms with E-state index < -0.39 is 5.57 Å². The number of fused-ring (bicyclic) bond motifs is 2. The maximum atomic E-state index is 15.0. The van der Waals surface area contributed by atoms with Gasteiger partial charge in [0.25, 0.3) is 0 Å². The van der Waals surface area contributed by atoms with Crippen LogP contribution < -0.4 is 20.4 Å². The SMILES string of the molecule is [B]c1c([C@@H](C)Nc2nc(C)nc3cc4c(cc23)N(C)CC(C)(C)O4)cccc1C([B])(F)COC. The van der Waals surface area contributed by atoms with Crippen LogP contribution >= 0.6 is 0 Å². The van der Waals surface area contributed by atoms with Gasteiger partial charge in [-0.1, -0.05) is 23.7 Å². The number of nitrogens with zero attached hydrogens (tertiary/aromatic N) is 3. The average Bonchev–Trinajstić information content (AvgIpc) is 2.71. The quantitative estimate of drug-likeness (QED) is 0.572. The van der Waals surface area contributed by atoms with Gasteiger partial charge in [-0.2, -0.15) is 0 Å². The summed E-state index contributed by atoms with van der Waals surface area (Å²) in [6.07, 6.45) is 0. The van der Waals surface area contributed by atoms with Crippen molar-refractivity contribution in [3.05, 3.63) is 47.3 Å². The summed E-state index contributed by atoms with van der Waals surface area (Å²) in [5.74, 6) is 2.08. The van der Waals surface area contributed by atoms with Gasteiger partial charge in [0.05, 0.1) is 24.4 Å². The number of benzene rings is 2. The molecular weight excluding hydrogens is 429 g/mol. The van der Waals surface area contributed by atoms with Gasteiger partial charge in [0.1, 0.15) is 44.3 Å². The van der Waals surface area contributed by atoms with E-state index in [4.69, 9.17) is 25.2 Å². The predicted octanol–water partition coefficient (Wildman–Crippen LogP) is 3.45. The van der Waals surface area contributed by atoms with Crippen LogP contribution in [0, 0.1) is 6.92 Å². The first-order valence-electron chi connectivity index (χ1n) is 11.3. The van der Waals surface area contributed by atoms with Gasteiger partial charge in [-0.05, 0) is 44.9 Å². The topological polar surface area (TPSA) is 59.5 Å². The Labute approximate surface area is 203 Å². The van der Waals surface area contributed by atoms with Crippen molar-refractivity contribution in [2.24, 2.45) is 0 Å². The second-order valence-electron chi connectivity index (χ2n) is 9.64. The van der Waals surface area contributed by atoms with Crippen LogP contribution in [0.2, 0.25) is 0 Å². The Bertz CT molecular complexity index is 1240. The minimum atomic E-state index is -2.19. The van der Waals surface area contributed by atoms with Crippen LogP contribution in [0.4, 0.5) is 15.9 Å². The average molecular weight is 458 g/mol. The van der Waals surface area contributed by atoms with Crippen LogP contribution in [-0.4, -0.2) is 58.6 Å². The Morgan fingerprint density at radius 1 is 1.32 bits per heavy atom. The summed E-state index contributed by atoms with van der Waals surface area (Å²) in [5.41, 5.74) is 0.454. The highest BCUT2D eigenvalue weighted by Gasteiger charge is 2.31. The van der Waals surface area contributed by atoms with Crippen molar-refractivity contribution in [1.29, 1.82) is 0 Å². The largest absolute Gasteiger partial charge is 0.484 e. The number of rotatable bonds is 6. The van der Waals surface area contributed by atoms with E-state index in [1.165, 1.54) is 7.11 Å². The molecule has 1 aliphatic rings. The summed E-state index contributed by atoms with van der Waals surface area (Å²) in [4.78, 5) is 11.5. The molecule has 0 saturated heterocycles. The highest BCUT2D eigenvalue weighted by atomic mass is 19.1. The number of alkyl halides is 1. The van der Waals surface area contributed by atoms with E-state index in [1.807, 2.05) is 39.1 Å². The molecule has 0 saturated carbocycles. The van der Waals surface area contributed by atoms with Crippen LogP contribution in [0.15, 0.2) is 30.3 Å². The van der Waals surface area contributed by atoms with Gasteiger partial charge in [0.2, 0.25) is 0 Å². The van der Waals surface area contributed by atoms with Gasteiger partial charge < -0.3 is 19.7 Å². The molecule has 4 rings (SSSR count). The third kappa shape index (κ3) is 4.58. The number of aryl methyl sites for hydroxylation is 1. The van der Waals surface area contributed by atoms with E-state index in [1.54, 1.807) is 12.1 Å². The maximum absolute atomic E-state index is 15.0. The fourth-order valence-electron chi connectivity index (χ4n) is 4.63. The van der Waals surface area contributed by atoms with Crippen molar-refractivity contribution < 1.29 is 13.9 Å². The third-order valence-electron chi connectivity index (χ3n) is 6.07. The van der Waals surface area contributed by atoms with Crippen LogP contribution in [0.1, 0.15) is 43.8 Å². The minimum Gasteiger partial charge on any atom is -0.484 e. The minimum absolute atomic E-state index is 0.194. The maximum Gasteiger partial charge on any atom is 0.145 e. The first-order valence-corrected chi connectivity index (χ1v) is 11.3. The molecule has 3 aromatic rings. The van der Waals surface area contributed by atoms with E-state index in [9.17, 15) is 4.39 Å². The molecule has 34 heavy (non-hydrogen) atoms. The summed E-state index contributed by atoms with van der Waals surface area (Å²) >= 11 is 0. The van der Waals surface area contributed by atoms with Crippen molar-refractivity contribution in [1.82, 2.24) is 9.97 Å². The standard InChI is InChI=1S/C25H29B2FN4O2/c1-14(16-8-7-9-18(22(16)26)25(27,28)13-33-6)29-23-17-10-20-21(11-19(17)30-15(2)31-23)34-24(3,4)12-32(20)5/h7-11,14H,12-13H2,1-6H3,(H,29,30,31)/t14-,25?/m1/s1. The van der Waals surface area contributed by atoms with Crippen LogP contribution in [0.3, 0.4) is 0 Å². The molecule has 2 heterocycles. The number of anilines is 2. The molecule has 1 unspecified atom stereocenters. The molecule has 0 bridgehead atoms. The summed E-state index contributed by atoms with van der Waals surface area (Å²) in [7, 11) is 15.6. The fraction of sp³-hybridized carbons (Fsp3) is 0.440. The number of hydrogen-bond acceptors (Lipinski definition) is 6. The van der Waals surface area contributed by atoms with Gasteiger partial charge in [0, 0.05) is 31.7 Å². The number of aromatic nitrogens is 2. The number of nitrogens with one attached hydrogen (secondary N) is 1. The van der Waals surface area contributed by atoms with E-state index in [2.05, 4.69) is 34.0 Å². The van der Waals surface area contributed by atoms with Gasteiger partial charge >= 0.3 is 0 Å². The number of ether oxygens (including phenoxy) is 2. The Hall–Kier alpha value is -2.80. The van der Waals surface area contributed by atoms with E-state index in [0.717, 1.165) is 28.9 Å². The molecule has 0 aliphatic carbocycles. The monoisotopic (exact) mass is 458 g/mol. The van der Waals surface area contributed by atoms with E-state index in [0.29, 0.717) is 17.2 Å². The zero-order chi connectivity index (χ0) is 24.8. The molecule has 0 spiro atoms. The summed E-state index contributed by atoms with van der Waals surface area (Å²) in [6, 6.07) is 8.89. The smallest absolute Gasteiger partial charge is 0.145 e. The molecule has 6 nitrogen and oxygen atoms in total. The Morgan fingerprint density at radius 2 is 2.06 bits per heavy atom. The molecule has 4 radical (unpaired) electrons. The first-order chi connectivity index (χ1) is 15.9. The zero-order valence-corrected chi connectivity index (χ0v) is 20.6. The van der Waals surface area contributed by atoms with Crippen molar-refractivity contribution >= 4 is 43.6 Å². The molecule has 1 N–H and O–H groups in total. The molecule has 0 amide bonds. The number of methoxy groups -OCH3 is 1. The Balaban J connectivity index is 1.74. The number of halogens is 1. The second kappa shape index (κ2) is 8.77. The van der Waals surface area contributed by atoms with Crippen molar-refractivity contribution in [2.75, 3.05) is 37.5 Å². The van der Waals surface area contributed by atoms with Crippen molar-refractivity contribution in [3.63, 3.8) is 0 Å². The van der Waals surface area contributed by atoms with Crippen LogP contribution in [0.5, 0.6) is 5.75 Å². The molecule has 1 aromatic heterocycles. The lowest BCUT2D eigenvalue weighted by molar-refractivity contribution is 0.0977. The van der Waals surface area contributed by atoms with Crippen molar-refractivity contribution in [2.45, 2.75) is 44.9 Å². The van der Waals surface area contributed by atoms with Gasteiger partial charge in [-0.25, -0.2) is 14.4 Å². The Kier molecular flexibility index (Phi) is 6.27. The van der Waals surface area contributed by atoms with Crippen LogP contribution in [0.25, 0.3) is 10.9 Å². The van der Waals surface area contributed by atoms with Crippen LogP contribution in [-0.2, 0) is 10.3 Å². The second-order valence-corrected chi connectivity index (χ2v) is 9.64. The fourth-order valence-corrected chi connectivity index (χ4v) is 4.63. The molecule has 1 aliphatic heterocycles. The Morgan fingerprint density at radius 3 is 2.76 bits per heavy atom. The molecule has 2 atom stereocenters. The zero-order valence-electron chi connectivity index (χ0n) is 20.6. The highest BCUT2D eigenvalue weighted by molar-refractivity contribution is 6.35. The molecule has 2 aromatic carbocycles.